The Balaban J connectivity index is 1.38. The maximum atomic E-state index is 12.3. The molecular weight excluding hydrogens is 284 g/mol. The Kier molecular flexibility index (Phi) is 3.54. The Morgan fingerprint density at radius 3 is 2.68 bits per heavy atom. The number of hydrogen-bond acceptors (Lipinski definition) is 5. The first kappa shape index (κ1) is 13.7. The lowest BCUT2D eigenvalue weighted by Crippen LogP contribution is -2.51. The summed E-state index contributed by atoms with van der Waals surface area (Å²) >= 11 is 0. The molecule has 22 heavy (non-hydrogen) atoms. The highest BCUT2D eigenvalue weighted by atomic mass is 16.7. The lowest BCUT2D eigenvalue weighted by molar-refractivity contribution is -0.141. The van der Waals surface area contributed by atoms with Crippen LogP contribution in [0.5, 0.6) is 11.5 Å². The van der Waals surface area contributed by atoms with Gasteiger partial charge in [-0.3, -0.25) is 4.79 Å². The maximum absolute atomic E-state index is 12.3. The number of fused-ring (bicyclic) bond motifs is 1. The van der Waals surface area contributed by atoms with E-state index in [1.165, 1.54) is 0 Å². The topological polar surface area (TPSA) is 51.2 Å². The van der Waals surface area contributed by atoms with Gasteiger partial charge < -0.3 is 24.0 Å². The van der Waals surface area contributed by atoms with Gasteiger partial charge in [-0.1, -0.05) is 0 Å². The second-order valence-electron chi connectivity index (χ2n) is 5.85. The fourth-order valence-corrected chi connectivity index (χ4v) is 3.24. The van der Waals surface area contributed by atoms with Crippen molar-refractivity contribution in [3.63, 3.8) is 0 Å². The van der Waals surface area contributed by atoms with Crippen molar-refractivity contribution in [2.24, 2.45) is 0 Å². The second kappa shape index (κ2) is 5.68. The molecule has 118 valence electrons. The molecule has 0 bridgehead atoms. The predicted molar refractivity (Wildman–Crippen MR) is 80.3 cm³/mol. The summed E-state index contributed by atoms with van der Waals surface area (Å²) in [4.78, 5) is 16.6. The molecule has 0 aromatic heterocycles. The summed E-state index contributed by atoms with van der Waals surface area (Å²) < 4.78 is 16.3. The van der Waals surface area contributed by atoms with Crippen LogP contribution in [0, 0.1) is 0 Å². The zero-order valence-electron chi connectivity index (χ0n) is 12.5. The molecule has 3 heterocycles. The molecule has 0 radical (unpaired) electrons. The van der Waals surface area contributed by atoms with Crippen molar-refractivity contribution < 1.29 is 19.0 Å². The van der Waals surface area contributed by atoms with Gasteiger partial charge in [-0.05, 0) is 25.0 Å². The highest BCUT2D eigenvalue weighted by Gasteiger charge is 2.30. The molecule has 6 nitrogen and oxygen atoms in total. The van der Waals surface area contributed by atoms with E-state index in [0.717, 1.165) is 56.2 Å². The third-order valence-electron chi connectivity index (χ3n) is 4.52. The van der Waals surface area contributed by atoms with Crippen molar-refractivity contribution in [2.45, 2.75) is 18.9 Å². The van der Waals surface area contributed by atoms with Gasteiger partial charge in [0.25, 0.3) is 5.91 Å². The van der Waals surface area contributed by atoms with E-state index in [4.69, 9.17) is 14.2 Å². The van der Waals surface area contributed by atoms with Crippen molar-refractivity contribution in [1.29, 1.82) is 0 Å². The zero-order valence-corrected chi connectivity index (χ0v) is 12.5. The number of ether oxygens (including phenoxy) is 3. The van der Waals surface area contributed by atoms with Crippen LogP contribution in [0.1, 0.15) is 12.8 Å². The molecule has 4 rings (SSSR count). The van der Waals surface area contributed by atoms with E-state index in [0.29, 0.717) is 13.4 Å². The van der Waals surface area contributed by atoms with Crippen LogP contribution in [0.4, 0.5) is 5.69 Å². The fourth-order valence-electron chi connectivity index (χ4n) is 3.24. The van der Waals surface area contributed by atoms with Gasteiger partial charge >= 0.3 is 0 Å². The molecular formula is C16H20N2O4. The lowest BCUT2D eigenvalue weighted by Gasteiger charge is -2.37. The van der Waals surface area contributed by atoms with Crippen molar-refractivity contribution in [3.8, 4) is 11.5 Å². The van der Waals surface area contributed by atoms with Gasteiger partial charge in [-0.15, -0.1) is 0 Å². The quantitative estimate of drug-likeness (QED) is 0.823. The molecule has 2 fully saturated rings. The summed E-state index contributed by atoms with van der Waals surface area (Å²) in [6.45, 7) is 4.16. The van der Waals surface area contributed by atoms with E-state index in [9.17, 15) is 4.79 Å². The Bertz CT molecular complexity index is 563. The third kappa shape index (κ3) is 2.47. The molecule has 0 aliphatic carbocycles. The SMILES string of the molecule is O=C(C1CCCO1)N1CCN(c2ccc3c(c2)OCO3)CC1. The number of carbonyl (C=O) groups excluding carboxylic acids is 1. The number of piperazine rings is 1. The average molecular weight is 304 g/mol. The first-order chi connectivity index (χ1) is 10.8. The molecule has 0 N–H and O–H groups in total. The van der Waals surface area contributed by atoms with Crippen LogP contribution in [0.2, 0.25) is 0 Å². The van der Waals surface area contributed by atoms with E-state index < -0.39 is 0 Å². The van der Waals surface area contributed by atoms with E-state index in [1.807, 2.05) is 23.1 Å². The number of hydrogen-bond donors (Lipinski definition) is 0. The van der Waals surface area contributed by atoms with Crippen LogP contribution in [-0.4, -0.2) is 56.5 Å². The molecule has 0 spiro atoms. The molecule has 1 unspecified atom stereocenters. The van der Waals surface area contributed by atoms with Gasteiger partial charge in [-0.2, -0.15) is 0 Å². The van der Waals surface area contributed by atoms with E-state index in [2.05, 4.69) is 4.90 Å². The standard InChI is InChI=1S/C16H20N2O4/c19-16(14-2-1-9-20-14)18-7-5-17(6-8-18)12-3-4-13-15(10-12)22-11-21-13/h3-4,10,14H,1-2,5-9,11H2. The Morgan fingerprint density at radius 1 is 1.09 bits per heavy atom. The van der Waals surface area contributed by atoms with Crippen molar-refractivity contribution >= 4 is 11.6 Å². The highest BCUT2D eigenvalue weighted by molar-refractivity contribution is 5.81. The summed E-state index contributed by atoms with van der Waals surface area (Å²) in [5.74, 6) is 1.76. The van der Waals surface area contributed by atoms with Gasteiger partial charge in [0.1, 0.15) is 6.10 Å². The minimum atomic E-state index is -0.211. The third-order valence-corrected chi connectivity index (χ3v) is 4.52. The molecule has 1 atom stereocenters. The zero-order chi connectivity index (χ0) is 14.9. The molecule has 2 saturated heterocycles. The van der Waals surface area contributed by atoms with Crippen LogP contribution in [0.3, 0.4) is 0 Å². The monoisotopic (exact) mass is 304 g/mol. The number of carbonyl (C=O) groups is 1. The van der Waals surface area contributed by atoms with E-state index in [1.54, 1.807) is 0 Å². The Morgan fingerprint density at radius 2 is 1.91 bits per heavy atom. The van der Waals surface area contributed by atoms with Gasteiger partial charge in [0, 0.05) is 44.5 Å². The summed E-state index contributed by atoms with van der Waals surface area (Å²) in [7, 11) is 0. The minimum Gasteiger partial charge on any atom is -0.454 e. The molecule has 1 amide bonds. The summed E-state index contributed by atoms with van der Waals surface area (Å²) in [5, 5.41) is 0. The smallest absolute Gasteiger partial charge is 0.251 e. The maximum Gasteiger partial charge on any atom is 0.251 e. The average Bonchev–Trinajstić information content (AvgIpc) is 3.25. The number of rotatable bonds is 2. The van der Waals surface area contributed by atoms with Gasteiger partial charge in [0.15, 0.2) is 11.5 Å². The van der Waals surface area contributed by atoms with Crippen LogP contribution in [0.25, 0.3) is 0 Å². The predicted octanol–water partition coefficient (Wildman–Crippen LogP) is 1.24. The Hall–Kier alpha value is -1.95. The Labute approximate surface area is 129 Å². The van der Waals surface area contributed by atoms with E-state index >= 15 is 0 Å². The summed E-state index contributed by atoms with van der Waals surface area (Å²) in [6, 6.07) is 6.01. The largest absolute Gasteiger partial charge is 0.454 e. The van der Waals surface area contributed by atoms with Crippen LogP contribution >= 0.6 is 0 Å². The normalized spacial score (nSPS) is 23.9. The van der Waals surface area contributed by atoms with Crippen LogP contribution in [-0.2, 0) is 9.53 Å². The number of amides is 1. The fraction of sp³-hybridized carbons (Fsp3) is 0.562. The molecule has 6 heteroatoms. The van der Waals surface area contributed by atoms with Gasteiger partial charge in [0.2, 0.25) is 6.79 Å². The van der Waals surface area contributed by atoms with Crippen LogP contribution in [0.15, 0.2) is 18.2 Å². The molecule has 3 aliphatic heterocycles. The van der Waals surface area contributed by atoms with E-state index in [-0.39, 0.29) is 12.0 Å². The number of nitrogens with zero attached hydrogens (tertiary/aromatic N) is 2. The second-order valence-corrected chi connectivity index (χ2v) is 5.85. The molecule has 1 aromatic carbocycles. The van der Waals surface area contributed by atoms with Crippen molar-refractivity contribution in [2.75, 3.05) is 44.5 Å². The van der Waals surface area contributed by atoms with Crippen molar-refractivity contribution in [1.82, 2.24) is 4.90 Å². The number of anilines is 1. The first-order valence-electron chi connectivity index (χ1n) is 7.86. The van der Waals surface area contributed by atoms with Gasteiger partial charge in [0.05, 0.1) is 0 Å². The molecule has 3 aliphatic rings. The van der Waals surface area contributed by atoms with Gasteiger partial charge in [-0.25, -0.2) is 0 Å². The summed E-state index contributed by atoms with van der Waals surface area (Å²) in [5.41, 5.74) is 1.12. The minimum absolute atomic E-state index is 0.155. The first-order valence-corrected chi connectivity index (χ1v) is 7.86. The van der Waals surface area contributed by atoms with Crippen LogP contribution < -0.4 is 14.4 Å². The highest BCUT2D eigenvalue weighted by Crippen LogP contribution is 2.35. The summed E-state index contributed by atoms with van der Waals surface area (Å²) in [6.07, 6.45) is 1.64. The van der Waals surface area contributed by atoms with Crippen molar-refractivity contribution in [3.05, 3.63) is 18.2 Å². The molecule has 0 saturated carbocycles. The lowest BCUT2D eigenvalue weighted by atomic mass is 10.2. The molecule has 1 aromatic rings. The number of benzene rings is 1.